The van der Waals surface area contributed by atoms with E-state index in [9.17, 15) is 4.79 Å². The van der Waals surface area contributed by atoms with Crippen LogP contribution in [0.4, 0.5) is 0 Å². The number of rotatable bonds is 3. The largest absolute Gasteiger partial charge is 0.339 e. The van der Waals surface area contributed by atoms with E-state index in [1.807, 2.05) is 4.90 Å². The van der Waals surface area contributed by atoms with Crippen molar-refractivity contribution in [1.82, 2.24) is 4.90 Å². The van der Waals surface area contributed by atoms with Crippen molar-refractivity contribution in [3.05, 3.63) is 35.4 Å². The number of benzene rings is 1. The summed E-state index contributed by atoms with van der Waals surface area (Å²) < 4.78 is 0. The predicted octanol–water partition coefficient (Wildman–Crippen LogP) is 2.01. The maximum atomic E-state index is 11.9. The van der Waals surface area contributed by atoms with Gasteiger partial charge in [0.05, 0.1) is 0 Å². The fraction of sp³-hybridized carbons (Fsp3) is 0.533. The Kier molecular flexibility index (Phi) is 2.86. The number of likely N-dealkylation sites (tertiary alicyclic amines) is 1. The molecule has 0 bridgehead atoms. The smallest absolute Gasteiger partial charge is 0.223 e. The average molecular weight is 244 g/mol. The molecule has 2 fully saturated rings. The molecule has 0 radical (unpaired) electrons. The Labute approximate surface area is 108 Å². The highest BCUT2D eigenvalue weighted by Gasteiger charge is 2.41. The number of amides is 1. The van der Waals surface area contributed by atoms with E-state index in [0.29, 0.717) is 18.4 Å². The standard InChI is InChI=1S/C15H20N2O/c1-10-2-4-11(5-3-10)15(16)12-8-14(18)17(9-12)13-6-7-13/h2-5,12-13,15H,6-9,16H2,1H3. The molecule has 2 N–H and O–H groups in total. The third kappa shape index (κ3) is 2.15. The maximum absolute atomic E-state index is 11.9. The van der Waals surface area contributed by atoms with Gasteiger partial charge in [0, 0.05) is 31.0 Å². The van der Waals surface area contributed by atoms with Crippen LogP contribution in [0.5, 0.6) is 0 Å². The van der Waals surface area contributed by atoms with Crippen LogP contribution in [0, 0.1) is 12.8 Å². The highest BCUT2D eigenvalue weighted by molar-refractivity contribution is 5.79. The SMILES string of the molecule is Cc1ccc(C(N)C2CC(=O)N(C3CC3)C2)cc1. The van der Waals surface area contributed by atoms with E-state index < -0.39 is 0 Å². The Morgan fingerprint density at radius 1 is 1.28 bits per heavy atom. The van der Waals surface area contributed by atoms with Crippen LogP contribution in [0.2, 0.25) is 0 Å². The van der Waals surface area contributed by atoms with Gasteiger partial charge in [-0.15, -0.1) is 0 Å². The van der Waals surface area contributed by atoms with Crippen LogP contribution in [0.15, 0.2) is 24.3 Å². The van der Waals surface area contributed by atoms with E-state index in [4.69, 9.17) is 5.73 Å². The maximum Gasteiger partial charge on any atom is 0.223 e. The van der Waals surface area contributed by atoms with Crippen molar-refractivity contribution in [3.63, 3.8) is 0 Å². The minimum atomic E-state index is -0.0155. The van der Waals surface area contributed by atoms with Crippen molar-refractivity contribution in [2.45, 2.75) is 38.3 Å². The topological polar surface area (TPSA) is 46.3 Å². The van der Waals surface area contributed by atoms with Crippen LogP contribution in [-0.4, -0.2) is 23.4 Å². The molecule has 1 amide bonds. The summed E-state index contributed by atoms with van der Waals surface area (Å²) in [4.78, 5) is 14.0. The van der Waals surface area contributed by atoms with E-state index in [-0.39, 0.29) is 12.0 Å². The molecule has 2 aliphatic rings. The molecule has 2 unspecified atom stereocenters. The van der Waals surface area contributed by atoms with Gasteiger partial charge in [0.2, 0.25) is 5.91 Å². The van der Waals surface area contributed by atoms with E-state index >= 15 is 0 Å². The minimum Gasteiger partial charge on any atom is -0.339 e. The molecule has 1 aliphatic heterocycles. The number of hydrogen-bond acceptors (Lipinski definition) is 2. The van der Waals surface area contributed by atoms with Gasteiger partial charge in [-0.05, 0) is 25.3 Å². The molecule has 1 saturated heterocycles. The molecule has 3 nitrogen and oxygen atoms in total. The van der Waals surface area contributed by atoms with Crippen LogP contribution < -0.4 is 5.73 Å². The summed E-state index contributed by atoms with van der Waals surface area (Å²) in [5.74, 6) is 0.575. The summed E-state index contributed by atoms with van der Waals surface area (Å²) in [6, 6.07) is 8.86. The summed E-state index contributed by atoms with van der Waals surface area (Å²) in [6.07, 6.45) is 2.97. The van der Waals surface area contributed by atoms with E-state index in [2.05, 4.69) is 31.2 Å². The van der Waals surface area contributed by atoms with Gasteiger partial charge in [-0.1, -0.05) is 29.8 Å². The number of carbonyl (C=O) groups excluding carboxylic acids is 1. The zero-order valence-electron chi connectivity index (χ0n) is 10.8. The molecule has 1 aromatic carbocycles. The molecule has 18 heavy (non-hydrogen) atoms. The third-order valence-electron chi connectivity index (χ3n) is 4.15. The Bertz CT molecular complexity index is 450. The normalized spacial score (nSPS) is 25.6. The monoisotopic (exact) mass is 244 g/mol. The van der Waals surface area contributed by atoms with Gasteiger partial charge >= 0.3 is 0 Å². The average Bonchev–Trinajstić information content (AvgIpc) is 3.13. The van der Waals surface area contributed by atoms with Crippen LogP contribution in [0.25, 0.3) is 0 Å². The van der Waals surface area contributed by atoms with E-state index in [0.717, 1.165) is 12.1 Å². The molecule has 1 aliphatic carbocycles. The lowest BCUT2D eigenvalue weighted by atomic mass is 9.92. The van der Waals surface area contributed by atoms with Crippen LogP contribution in [0.1, 0.15) is 36.4 Å². The quantitative estimate of drug-likeness (QED) is 0.884. The van der Waals surface area contributed by atoms with Gasteiger partial charge < -0.3 is 10.6 Å². The van der Waals surface area contributed by atoms with Gasteiger partial charge in [0.1, 0.15) is 0 Å². The second kappa shape index (κ2) is 4.39. The molecule has 0 spiro atoms. The minimum absolute atomic E-state index is 0.0155. The molecule has 0 aromatic heterocycles. The first kappa shape index (κ1) is 11.7. The lowest BCUT2D eigenvalue weighted by Crippen LogP contribution is -2.29. The van der Waals surface area contributed by atoms with Gasteiger partial charge in [0.15, 0.2) is 0 Å². The number of nitrogens with two attached hydrogens (primary N) is 1. The zero-order valence-corrected chi connectivity index (χ0v) is 10.8. The Morgan fingerprint density at radius 3 is 2.56 bits per heavy atom. The third-order valence-corrected chi connectivity index (χ3v) is 4.15. The second-order valence-corrected chi connectivity index (χ2v) is 5.68. The van der Waals surface area contributed by atoms with Gasteiger partial charge in [-0.2, -0.15) is 0 Å². The van der Waals surface area contributed by atoms with Crippen molar-refractivity contribution < 1.29 is 4.79 Å². The molecule has 1 saturated carbocycles. The van der Waals surface area contributed by atoms with Gasteiger partial charge in [-0.25, -0.2) is 0 Å². The van der Waals surface area contributed by atoms with Crippen molar-refractivity contribution in [1.29, 1.82) is 0 Å². The van der Waals surface area contributed by atoms with Crippen LogP contribution in [0.3, 0.4) is 0 Å². The first-order chi connectivity index (χ1) is 8.65. The fourth-order valence-electron chi connectivity index (χ4n) is 2.80. The molecular weight excluding hydrogens is 224 g/mol. The predicted molar refractivity (Wildman–Crippen MR) is 70.9 cm³/mol. The van der Waals surface area contributed by atoms with Crippen LogP contribution in [-0.2, 0) is 4.79 Å². The molecule has 2 atom stereocenters. The number of hydrogen-bond donors (Lipinski definition) is 1. The number of nitrogens with zero attached hydrogens (tertiary/aromatic N) is 1. The highest BCUT2D eigenvalue weighted by atomic mass is 16.2. The lowest BCUT2D eigenvalue weighted by molar-refractivity contribution is -0.128. The molecule has 3 heteroatoms. The lowest BCUT2D eigenvalue weighted by Gasteiger charge is -2.20. The van der Waals surface area contributed by atoms with E-state index in [1.165, 1.54) is 18.4 Å². The van der Waals surface area contributed by atoms with Crippen LogP contribution >= 0.6 is 0 Å². The zero-order chi connectivity index (χ0) is 12.7. The van der Waals surface area contributed by atoms with Crippen molar-refractivity contribution >= 4 is 5.91 Å². The molecule has 1 aromatic rings. The number of aryl methyl sites for hydroxylation is 1. The summed E-state index contributed by atoms with van der Waals surface area (Å²) in [7, 11) is 0. The molecular formula is C15H20N2O. The highest BCUT2D eigenvalue weighted by Crippen LogP contribution is 2.36. The van der Waals surface area contributed by atoms with Crippen molar-refractivity contribution in [3.8, 4) is 0 Å². The van der Waals surface area contributed by atoms with Gasteiger partial charge in [0.25, 0.3) is 0 Å². The Hall–Kier alpha value is -1.35. The Morgan fingerprint density at radius 2 is 1.94 bits per heavy atom. The van der Waals surface area contributed by atoms with E-state index in [1.54, 1.807) is 0 Å². The Balaban J connectivity index is 1.71. The first-order valence-corrected chi connectivity index (χ1v) is 6.77. The molecule has 3 rings (SSSR count). The summed E-state index contributed by atoms with van der Waals surface area (Å²) in [6.45, 7) is 2.92. The van der Waals surface area contributed by atoms with Crippen molar-refractivity contribution in [2.75, 3.05) is 6.54 Å². The molecule has 96 valence electrons. The second-order valence-electron chi connectivity index (χ2n) is 5.68. The fourth-order valence-corrected chi connectivity index (χ4v) is 2.80. The van der Waals surface area contributed by atoms with Gasteiger partial charge in [-0.3, -0.25) is 4.79 Å². The summed E-state index contributed by atoms with van der Waals surface area (Å²) in [5, 5.41) is 0. The first-order valence-electron chi connectivity index (χ1n) is 6.77. The van der Waals surface area contributed by atoms with Crippen molar-refractivity contribution in [2.24, 2.45) is 11.7 Å². The summed E-state index contributed by atoms with van der Waals surface area (Å²) >= 11 is 0. The molecule has 1 heterocycles. The summed E-state index contributed by atoms with van der Waals surface area (Å²) in [5.41, 5.74) is 8.71. The number of carbonyl (C=O) groups is 1.